The highest BCUT2D eigenvalue weighted by Crippen LogP contribution is 2.28. The van der Waals surface area contributed by atoms with Crippen molar-refractivity contribution in [3.8, 4) is 11.5 Å². The summed E-state index contributed by atoms with van der Waals surface area (Å²) in [5.41, 5.74) is 3.00. The first-order chi connectivity index (χ1) is 16.8. The molecule has 3 aromatic rings. The van der Waals surface area contributed by atoms with Gasteiger partial charge in [-0.1, -0.05) is 15.9 Å². The number of nitrogens with zero attached hydrogens (tertiary/aromatic N) is 2. The Bertz CT molecular complexity index is 1290. The number of nitrogens with one attached hydrogen (secondary N) is 2. The summed E-state index contributed by atoms with van der Waals surface area (Å²) in [4.78, 5) is 46.4. The van der Waals surface area contributed by atoms with Gasteiger partial charge in [0.25, 0.3) is 5.69 Å². The predicted molar refractivity (Wildman–Crippen MR) is 130 cm³/mol. The highest BCUT2D eigenvalue weighted by atomic mass is 79.9. The highest BCUT2D eigenvalue weighted by molar-refractivity contribution is 9.10. The second-order valence-corrected chi connectivity index (χ2v) is 7.68. The van der Waals surface area contributed by atoms with Crippen LogP contribution in [0.4, 0.5) is 11.4 Å². The topological polar surface area (TPSA) is 149 Å². The molecule has 0 unspecified atom stereocenters. The number of carbonyl (C=O) groups is 3. The molecule has 0 spiro atoms. The first-order valence-electron chi connectivity index (χ1n) is 9.81. The molecule has 178 valence electrons. The monoisotopic (exact) mass is 540 g/mol. The van der Waals surface area contributed by atoms with Crippen LogP contribution in [0.15, 0.2) is 76.3 Å². The lowest BCUT2D eigenvalue weighted by molar-refractivity contribution is -0.384. The molecule has 0 heterocycles. The number of rotatable bonds is 7. The van der Waals surface area contributed by atoms with E-state index in [0.29, 0.717) is 11.3 Å². The van der Waals surface area contributed by atoms with Crippen LogP contribution in [-0.4, -0.2) is 36.0 Å². The van der Waals surface area contributed by atoms with E-state index >= 15 is 0 Å². The number of esters is 1. The van der Waals surface area contributed by atoms with Gasteiger partial charge in [0, 0.05) is 22.3 Å². The fraction of sp³-hybridized carbons (Fsp3) is 0.0435. The first kappa shape index (κ1) is 25.1. The Labute approximate surface area is 207 Å². The molecule has 0 bridgehead atoms. The summed E-state index contributed by atoms with van der Waals surface area (Å²) in [6, 6.07) is 16.1. The summed E-state index contributed by atoms with van der Waals surface area (Å²) in [5.74, 6) is -2.29. The van der Waals surface area contributed by atoms with E-state index < -0.39 is 22.7 Å². The number of anilines is 1. The van der Waals surface area contributed by atoms with Gasteiger partial charge >= 0.3 is 17.8 Å². The van der Waals surface area contributed by atoms with Crippen LogP contribution in [0, 0.1) is 10.1 Å². The fourth-order valence-electron chi connectivity index (χ4n) is 2.66. The van der Waals surface area contributed by atoms with Crippen molar-refractivity contribution in [3.05, 3.63) is 92.4 Å². The molecule has 11 nitrogen and oxygen atoms in total. The zero-order valence-corrected chi connectivity index (χ0v) is 19.6. The highest BCUT2D eigenvalue weighted by Gasteiger charge is 2.15. The number of benzene rings is 3. The molecule has 12 heteroatoms. The maximum Gasteiger partial charge on any atom is 0.343 e. The Morgan fingerprint density at radius 2 is 1.66 bits per heavy atom. The summed E-state index contributed by atoms with van der Waals surface area (Å²) < 4.78 is 11.4. The quantitative estimate of drug-likeness (QED) is 0.116. The molecule has 35 heavy (non-hydrogen) atoms. The number of non-ortho nitro benzene ring substituents is 1. The number of nitro benzene ring substituents is 1. The third kappa shape index (κ3) is 6.95. The van der Waals surface area contributed by atoms with Crippen molar-refractivity contribution in [3.63, 3.8) is 0 Å². The van der Waals surface area contributed by atoms with Gasteiger partial charge in [0.2, 0.25) is 0 Å². The van der Waals surface area contributed by atoms with Crippen molar-refractivity contribution in [2.24, 2.45) is 5.10 Å². The van der Waals surface area contributed by atoms with Crippen LogP contribution in [0.1, 0.15) is 15.9 Å². The molecule has 2 amide bonds. The third-order valence-corrected chi connectivity index (χ3v) is 4.92. The van der Waals surface area contributed by atoms with Gasteiger partial charge in [-0.05, 0) is 60.2 Å². The Hall–Kier alpha value is -4.58. The van der Waals surface area contributed by atoms with Crippen molar-refractivity contribution < 1.29 is 28.8 Å². The molecule has 3 aromatic carbocycles. The maximum absolute atomic E-state index is 12.3. The summed E-state index contributed by atoms with van der Waals surface area (Å²) in [5, 5.41) is 16.9. The van der Waals surface area contributed by atoms with Crippen LogP contribution >= 0.6 is 15.9 Å². The number of hydrogen-bond donors (Lipinski definition) is 2. The molecule has 0 radical (unpaired) electrons. The standard InChI is InChI=1S/C23H17BrN4O7/c1-34-20-12-14(13-25-27-22(30)21(29)26-17-7-5-16(24)6-8-17)2-11-19(20)35-23(31)15-3-9-18(10-4-15)28(32)33/h2-13H,1H3,(H,26,29)(H,27,30)/b25-13+. The van der Waals surface area contributed by atoms with Gasteiger partial charge in [0.15, 0.2) is 11.5 Å². The largest absolute Gasteiger partial charge is 0.493 e. The zero-order chi connectivity index (χ0) is 25.4. The number of methoxy groups -OCH3 is 1. The number of nitro groups is 1. The predicted octanol–water partition coefficient (Wildman–Crippen LogP) is 3.67. The smallest absolute Gasteiger partial charge is 0.343 e. The lowest BCUT2D eigenvalue weighted by Gasteiger charge is -2.10. The van der Waals surface area contributed by atoms with E-state index in [1.807, 2.05) is 0 Å². The second kappa shape index (κ2) is 11.5. The van der Waals surface area contributed by atoms with E-state index in [1.165, 1.54) is 49.7 Å². The Balaban J connectivity index is 1.60. The molecule has 0 saturated carbocycles. The average Bonchev–Trinajstić information content (AvgIpc) is 2.86. The normalized spacial score (nSPS) is 10.5. The third-order valence-electron chi connectivity index (χ3n) is 4.39. The van der Waals surface area contributed by atoms with Gasteiger partial charge in [0.1, 0.15) is 0 Å². The molecule has 0 aliphatic carbocycles. The molecule has 0 aromatic heterocycles. The minimum absolute atomic E-state index is 0.103. The molecule has 0 fully saturated rings. The molecule has 0 aliphatic rings. The van der Waals surface area contributed by atoms with Crippen LogP contribution in [0.3, 0.4) is 0 Å². The van der Waals surface area contributed by atoms with E-state index in [1.54, 1.807) is 30.3 Å². The van der Waals surface area contributed by atoms with Gasteiger partial charge in [-0.2, -0.15) is 5.10 Å². The molecule has 2 N–H and O–H groups in total. The number of hydrazone groups is 1. The summed E-state index contributed by atoms with van der Waals surface area (Å²) >= 11 is 3.28. The van der Waals surface area contributed by atoms with Crippen LogP contribution in [0.5, 0.6) is 11.5 Å². The number of hydrogen-bond acceptors (Lipinski definition) is 8. The van der Waals surface area contributed by atoms with Crippen molar-refractivity contribution in [1.82, 2.24) is 5.43 Å². The summed E-state index contributed by atoms with van der Waals surface area (Å²) in [6.45, 7) is 0. The van der Waals surface area contributed by atoms with Gasteiger partial charge in [-0.3, -0.25) is 19.7 Å². The van der Waals surface area contributed by atoms with Crippen LogP contribution in [0.25, 0.3) is 0 Å². The van der Waals surface area contributed by atoms with Crippen LogP contribution in [0.2, 0.25) is 0 Å². The molecule has 0 aliphatic heterocycles. The minimum atomic E-state index is -0.968. The molecule has 0 atom stereocenters. The van der Waals surface area contributed by atoms with E-state index in [4.69, 9.17) is 9.47 Å². The molecular formula is C23H17BrN4O7. The number of ether oxygens (including phenoxy) is 2. The SMILES string of the molecule is COc1cc(/C=N/NC(=O)C(=O)Nc2ccc(Br)cc2)ccc1OC(=O)c1ccc([N+](=O)[O-])cc1. The Morgan fingerprint density at radius 3 is 2.29 bits per heavy atom. The average molecular weight is 541 g/mol. The van der Waals surface area contributed by atoms with Gasteiger partial charge < -0.3 is 14.8 Å². The zero-order valence-electron chi connectivity index (χ0n) is 18.1. The van der Waals surface area contributed by atoms with Gasteiger partial charge in [0.05, 0.1) is 23.8 Å². The fourth-order valence-corrected chi connectivity index (χ4v) is 2.93. The lowest BCUT2D eigenvalue weighted by Crippen LogP contribution is -2.32. The number of halogens is 1. The van der Waals surface area contributed by atoms with Crippen LogP contribution < -0.4 is 20.2 Å². The second-order valence-electron chi connectivity index (χ2n) is 6.76. The van der Waals surface area contributed by atoms with Crippen molar-refractivity contribution in [2.45, 2.75) is 0 Å². The van der Waals surface area contributed by atoms with E-state index in [-0.39, 0.29) is 22.7 Å². The van der Waals surface area contributed by atoms with Crippen molar-refractivity contribution in [2.75, 3.05) is 12.4 Å². The van der Waals surface area contributed by atoms with E-state index in [0.717, 1.165) is 4.47 Å². The first-order valence-corrected chi connectivity index (χ1v) is 10.6. The molecular weight excluding hydrogens is 524 g/mol. The van der Waals surface area contributed by atoms with Crippen molar-refractivity contribution in [1.29, 1.82) is 0 Å². The molecule has 3 rings (SSSR count). The lowest BCUT2D eigenvalue weighted by atomic mass is 10.2. The Morgan fingerprint density at radius 1 is 0.971 bits per heavy atom. The van der Waals surface area contributed by atoms with Gasteiger partial charge in [-0.15, -0.1) is 0 Å². The van der Waals surface area contributed by atoms with Crippen LogP contribution in [-0.2, 0) is 9.59 Å². The number of carbonyl (C=O) groups excluding carboxylic acids is 3. The summed E-state index contributed by atoms with van der Waals surface area (Å²) in [6.07, 6.45) is 1.27. The molecule has 0 saturated heterocycles. The van der Waals surface area contributed by atoms with Gasteiger partial charge in [-0.25, -0.2) is 10.2 Å². The van der Waals surface area contributed by atoms with Crippen molar-refractivity contribution >= 4 is 51.3 Å². The maximum atomic E-state index is 12.3. The summed E-state index contributed by atoms with van der Waals surface area (Å²) in [7, 11) is 1.37. The van der Waals surface area contributed by atoms with E-state index in [9.17, 15) is 24.5 Å². The minimum Gasteiger partial charge on any atom is -0.493 e. The van der Waals surface area contributed by atoms with E-state index in [2.05, 4.69) is 31.8 Å². The Kier molecular flexibility index (Phi) is 8.24. The number of amides is 2.